The minimum atomic E-state index is -0.557. The third kappa shape index (κ3) is 6.56. The second-order valence-corrected chi connectivity index (χ2v) is 9.91. The first kappa shape index (κ1) is 26.4. The summed E-state index contributed by atoms with van der Waals surface area (Å²) in [5.41, 5.74) is 2.32. The molecule has 0 aliphatic carbocycles. The number of esters is 1. The largest absolute Gasteiger partial charge is 0.466 e. The number of hydrogen-bond acceptors (Lipinski definition) is 6. The van der Waals surface area contributed by atoms with Crippen molar-refractivity contribution in [2.24, 2.45) is 13.0 Å². The fourth-order valence-corrected chi connectivity index (χ4v) is 4.48. The summed E-state index contributed by atoms with van der Waals surface area (Å²) in [7, 11) is 5.56. The first-order valence-corrected chi connectivity index (χ1v) is 12.4. The van der Waals surface area contributed by atoms with E-state index in [1.54, 1.807) is 37.4 Å². The number of benzene rings is 2. The zero-order valence-corrected chi connectivity index (χ0v) is 21.9. The molecule has 4 rings (SSSR count). The molecule has 1 aliphatic rings. The fraction of sp³-hybridized carbons (Fsp3) is 0.357. The van der Waals surface area contributed by atoms with Gasteiger partial charge in [-0.25, -0.2) is 0 Å². The van der Waals surface area contributed by atoms with Crippen LogP contribution in [0, 0.1) is 17.8 Å². The zero-order chi connectivity index (χ0) is 26.5. The summed E-state index contributed by atoms with van der Waals surface area (Å²) in [6, 6.07) is 10.8. The summed E-state index contributed by atoms with van der Waals surface area (Å²) in [6.07, 6.45) is 1.71. The Morgan fingerprint density at radius 3 is 2.68 bits per heavy atom. The highest BCUT2D eigenvalue weighted by Gasteiger charge is 2.23. The van der Waals surface area contributed by atoms with Gasteiger partial charge >= 0.3 is 5.97 Å². The number of fused-ring (bicyclic) bond motifs is 1. The smallest absolute Gasteiger partial charge is 0.306 e. The van der Waals surface area contributed by atoms with Crippen molar-refractivity contribution in [1.82, 2.24) is 20.0 Å². The zero-order valence-electron chi connectivity index (χ0n) is 21.1. The van der Waals surface area contributed by atoms with Gasteiger partial charge in [-0.2, -0.15) is 5.10 Å². The van der Waals surface area contributed by atoms with Gasteiger partial charge in [0.05, 0.1) is 29.6 Å². The third-order valence-electron chi connectivity index (χ3n) is 6.17. The number of rotatable bonds is 6. The second-order valence-electron chi connectivity index (χ2n) is 9.47. The molecule has 1 saturated heterocycles. The van der Waals surface area contributed by atoms with Crippen LogP contribution in [-0.2, 0) is 29.5 Å². The Labute approximate surface area is 220 Å². The quantitative estimate of drug-likeness (QED) is 0.397. The molecule has 1 N–H and O–H groups in total. The lowest BCUT2D eigenvalue weighted by atomic mass is 9.90. The van der Waals surface area contributed by atoms with E-state index in [9.17, 15) is 14.4 Å². The standard InChI is InChI=1S/C28H29ClN4O4/c1-32(2)11-4-5-21-14-20(13-19-10-12-37-24(34)16-19)15-23-26(21)33(3)31-25(27(23)35)28(36)30-17-18-6-8-22(29)9-7-18/h6-9,14-15,19H,10-13,16-17H2,1-3H3,(H,30,36). The molecule has 2 aromatic carbocycles. The van der Waals surface area contributed by atoms with E-state index in [1.165, 1.54) is 4.68 Å². The van der Waals surface area contributed by atoms with Gasteiger partial charge in [0.1, 0.15) is 0 Å². The summed E-state index contributed by atoms with van der Waals surface area (Å²) in [6.45, 7) is 1.18. The van der Waals surface area contributed by atoms with Crippen molar-refractivity contribution in [3.8, 4) is 11.8 Å². The lowest BCUT2D eigenvalue weighted by Gasteiger charge is -2.21. The van der Waals surface area contributed by atoms with E-state index >= 15 is 0 Å². The number of ether oxygens (including phenoxy) is 1. The molecule has 1 fully saturated rings. The summed E-state index contributed by atoms with van der Waals surface area (Å²) in [5, 5.41) is 8.07. The number of nitrogens with zero attached hydrogens (tertiary/aromatic N) is 3. The molecule has 1 unspecified atom stereocenters. The normalized spacial score (nSPS) is 15.3. The van der Waals surface area contributed by atoms with E-state index in [2.05, 4.69) is 22.3 Å². The molecule has 0 radical (unpaired) electrons. The highest BCUT2D eigenvalue weighted by molar-refractivity contribution is 6.30. The van der Waals surface area contributed by atoms with Crippen molar-refractivity contribution in [3.05, 3.63) is 74.0 Å². The number of carbonyl (C=O) groups excluding carboxylic acids is 2. The lowest BCUT2D eigenvalue weighted by Crippen LogP contribution is -2.31. The van der Waals surface area contributed by atoms with Crippen LogP contribution in [0.3, 0.4) is 0 Å². The molecule has 1 aliphatic heterocycles. The number of hydrogen-bond donors (Lipinski definition) is 1. The van der Waals surface area contributed by atoms with Gasteiger partial charge in [-0.15, -0.1) is 0 Å². The number of cyclic esters (lactones) is 1. The molecule has 1 aromatic heterocycles. The number of amides is 1. The topological polar surface area (TPSA) is 93.5 Å². The molecule has 3 aromatic rings. The van der Waals surface area contributed by atoms with Crippen molar-refractivity contribution < 1.29 is 14.3 Å². The molecule has 0 saturated carbocycles. The molecule has 2 heterocycles. The van der Waals surface area contributed by atoms with Crippen LogP contribution in [0.25, 0.3) is 10.9 Å². The van der Waals surface area contributed by atoms with Crippen LogP contribution >= 0.6 is 11.6 Å². The highest BCUT2D eigenvalue weighted by Crippen LogP contribution is 2.25. The maximum atomic E-state index is 13.5. The fourth-order valence-electron chi connectivity index (χ4n) is 4.36. The average Bonchev–Trinajstić information content (AvgIpc) is 2.85. The van der Waals surface area contributed by atoms with Crippen molar-refractivity contribution in [2.45, 2.75) is 25.8 Å². The van der Waals surface area contributed by atoms with Gasteiger partial charge in [-0.3, -0.25) is 24.0 Å². The molecule has 1 amide bonds. The SMILES string of the molecule is CN(C)CC#Cc1cc(CC2CCOC(=O)C2)cc2c(=O)c(C(=O)NCc3ccc(Cl)cc3)nn(C)c12. The Kier molecular flexibility index (Phi) is 8.27. The lowest BCUT2D eigenvalue weighted by molar-refractivity contribution is -0.149. The van der Waals surface area contributed by atoms with Crippen molar-refractivity contribution in [1.29, 1.82) is 0 Å². The van der Waals surface area contributed by atoms with E-state index in [0.29, 0.717) is 47.5 Å². The first-order chi connectivity index (χ1) is 17.7. The van der Waals surface area contributed by atoms with Crippen molar-refractivity contribution in [3.63, 3.8) is 0 Å². The monoisotopic (exact) mass is 520 g/mol. The second kappa shape index (κ2) is 11.6. The van der Waals surface area contributed by atoms with E-state index < -0.39 is 11.3 Å². The van der Waals surface area contributed by atoms with E-state index in [1.807, 2.05) is 25.1 Å². The summed E-state index contributed by atoms with van der Waals surface area (Å²) < 4.78 is 6.61. The molecule has 1 atom stereocenters. The van der Waals surface area contributed by atoms with Gasteiger partial charge in [0.25, 0.3) is 5.91 Å². The first-order valence-electron chi connectivity index (χ1n) is 12.1. The molecule has 9 heteroatoms. The number of aromatic nitrogens is 2. The van der Waals surface area contributed by atoms with Crippen LogP contribution in [0.1, 0.15) is 40.0 Å². The summed E-state index contributed by atoms with van der Waals surface area (Å²) in [5.74, 6) is 5.66. The van der Waals surface area contributed by atoms with Crippen molar-refractivity contribution in [2.75, 3.05) is 27.2 Å². The third-order valence-corrected chi connectivity index (χ3v) is 6.42. The average molecular weight is 521 g/mol. The Hall–Kier alpha value is -3.67. The molecule has 0 bridgehead atoms. The number of aryl methyl sites for hydroxylation is 1. The van der Waals surface area contributed by atoms with Gasteiger partial charge in [0, 0.05) is 25.0 Å². The predicted molar refractivity (Wildman–Crippen MR) is 142 cm³/mol. The maximum absolute atomic E-state index is 13.5. The van der Waals surface area contributed by atoms with Crippen LogP contribution in [0.5, 0.6) is 0 Å². The molecule has 0 spiro atoms. The van der Waals surface area contributed by atoms with Crippen LogP contribution in [-0.4, -0.2) is 53.8 Å². The van der Waals surface area contributed by atoms with E-state index in [0.717, 1.165) is 17.5 Å². The Morgan fingerprint density at radius 2 is 1.97 bits per heavy atom. The number of nitrogens with one attached hydrogen (secondary N) is 1. The summed E-state index contributed by atoms with van der Waals surface area (Å²) >= 11 is 5.93. The van der Waals surface area contributed by atoms with E-state index in [4.69, 9.17) is 16.3 Å². The van der Waals surface area contributed by atoms with Crippen LogP contribution in [0.15, 0.2) is 41.2 Å². The number of carbonyl (C=O) groups is 2. The van der Waals surface area contributed by atoms with E-state index in [-0.39, 0.29) is 24.1 Å². The molecule has 37 heavy (non-hydrogen) atoms. The van der Waals surface area contributed by atoms with Gasteiger partial charge in [0.2, 0.25) is 5.43 Å². The minimum absolute atomic E-state index is 0.120. The van der Waals surface area contributed by atoms with Crippen molar-refractivity contribution >= 4 is 34.4 Å². The molecule has 192 valence electrons. The molecular weight excluding hydrogens is 492 g/mol. The van der Waals surface area contributed by atoms with Gasteiger partial charge in [0.15, 0.2) is 5.69 Å². The Balaban J connectivity index is 1.72. The highest BCUT2D eigenvalue weighted by atomic mass is 35.5. The van der Waals surface area contributed by atoms with Gasteiger partial charge in [-0.1, -0.05) is 35.6 Å². The predicted octanol–water partition coefficient (Wildman–Crippen LogP) is 2.93. The Morgan fingerprint density at radius 1 is 1.22 bits per heavy atom. The minimum Gasteiger partial charge on any atom is -0.466 e. The Bertz CT molecular complexity index is 1450. The van der Waals surface area contributed by atoms with Crippen LogP contribution in [0.4, 0.5) is 0 Å². The van der Waals surface area contributed by atoms with Crippen LogP contribution in [0.2, 0.25) is 5.02 Å². The van der Waals surface area contributed by atoms with Crippen LogP contribution < -0.4 is 10.7 Å². The number of halogens is 1. The van der Waals surface area contributed by atoms with Gasteiger partial charge in [-0.05, 0) is 68.2 Å². The van der Waals surface area contributed by atoms with Gasteiger partial charge < -0.3 is 10.1 Å². The maximum Gasteiger partial charge on any atom is 0.306 e. The molecular formula is C28H29ClN4O4. The molecule has 8 nitrogen and oxygen atoms in total. The summed E-state index contributed by atoms with van der Waals surface area (Å²) in [4.78, 5) is 40.2.